The van der Waals surface area contributed by atoms with Crippen LogP contribution in [0.5, 0.6) is 0 Å². The Hall–Kier alpha value is -2.15. The Balaban J connectivity index is 2.28. The molecule has 0 fully saturated rings. The van der Waals surface area contributed by atoms with E-state index in [1.54, 1.807) is 30.1 Å². The Kier molecular flexibility index (Phi) is 4.19. The van der Waals surface area contributed by atoms with Gasteiger partial charge in [-0.05, 0) is 17.6 Å². The summed E-state index contributed by atoms with van der Waals surface area (Å²) in [5.74, 6) is -0.722. The van der Waals surface area contributed by atoms with Crippen LogP contribution in [0.1, 0.15) is 15.9 Å². The summed E-state index contributed by atoms with van der Waals surface area (Å²) in [6, 6.07) is 6.47. The van der Waals surface area contributed by atoms with Gasteiger partial charge in [-0.3, -0.25) is 0 Å². The number of benzene rings is 1. The predicted molar refractivity (Wildman–Crippen MR) is 76.4 cm³/mol. The standard InChI is InChI=1S/C13H14FN3O2S/c1-17(7-8-5-3-4-6-9(8)14)12-10(13(18)19-2)11(15)16-20-12/h3-6H,7H2,1-2H3,(H2,15,16). The fraction of sp³-hybridized carbons (Fsp3) is 0.231. The number of carbonyl (C=O) groups is 1. The number of rotatable bonds is 4. The number of hydrogen-bond acceptors (Lipinski definition) is 6. The number of aromatic nitrogens is 1. The van der Waals surface area contributed by atoms with E-state index >= 15 is 0 Å². The molecule has 0 saturated heterocycles. The van der Waals surface area contributed by atoms with Crippen molar-refractivity contribution in [2.75, 3.05) is 24.8 Å². The van der Waals surface area contributed by atoms with E-state index in [0.717, 1.165) is 11.5 Å². The van der Waals surface area contributed by atoms with E-state index in [9.17, 15) is 9.18 Å². The monoisotopic (exact) mass is 295 g/mol. The summed E-state index contributed by atoms with van der Waals surface area (Å²) < 4.78 is 22.3. The van der Waals surface area contributed by atoms with Crippen molar-refractivity contribution < 1.29 is 13.9 Å². The molecule has 0 bridgehead atoms. The van der Waals surface area contributed by atoms with Gasteiger partial charge in [0.25, 0.3) is 0 Å². The normalized spacial score (nSPS) is 10.3. The molecule has 1 aromatic carbocycles. The topological polar surface area (TPSA) is 68.5 Å². The number of methoxy groups -OCH3 is 1. The fourth-order valence-electron chi connectivity index (χ4n) is 1.80. The fourth-order valence-corrected chi connectivity index (χ4v) is 2.56. The molecule has 0 atom stereocenters. The highest BCUT2D eigenvalue weighted by molar-refractivity contribution is 7.11. The molecule has 2 N–H and O–H groups in total. The van der Waals surface area contributed by atoms with Crippen LogP contribution in [0, 0.1) is 5.82 Å². The predicted octanol–water partition coefficient (Wildman–Crippen LogP) is 2.29. The summed E-state index contributed by atoms with van der Waals surface area (Å²) in [6.45, 7) is 0.304. The maximum atomic E-state index is 13.6. The highest BCUT2D eigenvalue weighted by Crippen LogP contribution is 2.31. The lowest BCUT2D eigenvalue weighted by Crippen LogP contribution is -2.19. The van der Waals surface area contributed by atoms with Gasteiger partial charge < -0.3 is 15.4 Å². The van der Waals surface area contributed by atoms with Gasteiger partial charge in [0.05, 0.1) is 7.11 Å². The van der Waals surface area contributed by atoms with E-state index in [2.05, 4.69) is 9.11 Å². The number of halogens is 1. The van der Waals surface area contributed by atoms with Crippen molar-refractivity contribution in [2.45, 2.75) is 6.54 Å². The first kappa shape index (κ1) is 14.3. The molecule has 2 aromatic rings. The number of nitrogens with two attached hydrogens (primary N) is 1. The molecule has 1 heterocycles. The second-order valence-electron chi connectivity index (χ2n) is 4.19. The van der Waals surface area contributed by atoms with Gasteiger partial charge in [-0.15, -0.1) is 0 Å². The third-order valence-corrected chi connectivity index (χ3v) is 3.78. The van der Waals surface area contributed by atoms with Crippen LogP contribution in [0.2, 0.25) is 0 Å². The third-order valence-electron chi connectivity index (χ3n) is 2.80. The summed E-state index contributed by atoms with van der Waals surface area (Å²) in [7, 11) is 3.02. The van der Waals surface area contributed by atoms with E-state index < -0.39 is 5.97 Å². The maximum Gasteiger partial charge on any atom is 0.344 e. The Morgan fingerprint density at radius 3 is 2.85 bits per heavy atom. The lowest BCUT2D eigenvalue weighted by atomic mass is 10.2. The molecule has 0 amide bonds. The second-order valence-corrected chi connectivity index (χ2v) is 4.94. The summed E-state index contributed by atoms with van der Waals surface area (Å²) in [4.78, 5) is 13.4. The zero-order chi connectivity index (χ0) is 14.7. The van der Waals surface area contributed by atoms with Gasteiger partial charge in [-0.1, -0.05) is 18.2 Å². The number of hydrogen-bond donors (Lipinski definition) is 1. The SMILES string of the molecule is COC(=O)c1c(N)nsc1N(C)Cc1ccccc1F. The van der Waals surface area contributed by atoms with Crippen LogP contribution in [-0.2, 0) is 11.3 Å². The number of nitrogen functional groups attached to an aromatic ring is 1. The second kappa shape index (κ2) is 5.87. The number of carbonyl (C=O) groups excluding carboxylic acids is 1. The molecule has 7 heteroatoms. The van der Waals surface area contributed by atoms with E-state index in [1.807, 2.05) is 0 Å². The largest absolute Gasteiger partial charge is 0.465 e. The van der Waals surface area contributed by atoms with Gasteiger partial charge in [-0.2, -0.15) is 4.37 Å². The van der Waals surface area contributed by atoms with Gasteiger partial charge in [0.1, 0.15) is 16.4 Å². The smallest absolute Gasteiger partial charge is 0.344 e. The Labute approximate surface area is 119 Å². The molecule has 5 nitrogen and oxygen atoms in total. The summed E-state index contributed by atoms with van der Waals surface area (Å²) >= 11 is 1.08. The number of nitrogens with zero attached hydrogens (tertiary/aromatic N) is 2. The van der Waals surface area contributed by atoms with Crippen molar-refractivity contribution >= 4 is 28.3 Å². The first-order valence-electron chi connectivity index (χ1n) is 5.82. The van der Waals surface area contributed by atoms with Crippen molar-refractivity contribution in [3.63, 3.8) is 0 Å². The highest BCUT2D eigenvalue weighted by atomic mass is 32.1. The molecule has 0 saturated carbocycles. The lowest BCUT2D eigenvalue weighted by Gasteiger charge is -2.18. The number of esters is 1. The zero-order valence-electron chi connectivity index (χ0n) is 11.1. The van der Waals surface area contributed by atoms with Crippen LogP contribution >= 0.6 is 11.5 Å². The Morgan fingerprint density at radius 2 is 2.20 bits per heavy atom. The van der Waals surface area contributed by atoms with Gasteiger partial charge >= 0.3 is 5.97 Å². The summed E-state index contributed by atoms with van der Waals surface area (Å²) in [6.07, 6.45) is 0. The molecule has 20 heavy (non-hydrogen) atoms. The van der Waals surface area contributed by atoms with Crippen molar-refractivity contribution in [1.82, 2.24) is 4.37 Å². The van der Waals surface area contributed by atoms with Crippen molar-refractivity contribution in [3.8, 4) is 0 Å². The molecular formula is C13H14FN3O2S. The average Bonchev–Trinajstić information content (AvgIpc) is 2.82. The van der Waals surface area contributed by atoms with Crippen LogP contribution in [0.3, 0.4) is 0 Å². The van der Waals surface area contributed by atoms with E-state index in [1.165, 1.54) is 13.2 Å². The minimum atomic E-state index is -0.549. The summed E-state index contributed by atoms with van der Waals surface area (Å²) in [5.41, 5.74) is 6.42. The Morgan fingerprint density at radius 1 is 1.50 bits per heavy atom. The average molecular weight is 295 g/mol. The molecule has 2 rings (SSSR count). The lowest BCUT2D eigenvalue weighted by molar-refractivity contribution is 0.0603. The van der Waals surface area contributed by atoms with Gasteiger partial charge in [-0.25, -0.2) is 9.18 Å². The highest BCUT2D eigenvalue weighted by Gasteiger charge is 2.23. The molecule has 0 unspecified atom stereocenters. The molecule has 0 radical (unpaired) electrons. The summed E-state index contributed by atoms with van der Waals surface area (Å²) in [5, 5.41) is 0.553. The third kappa shape index (κ3) is 2.72. The first-order valence-corrected chi connectivity index (χ1v) is 6.60. The van der Waals surface area contributed by atoms with Crippen LogP contribution in [0.15, 0.2) is 24.3 Å². The molecule has 1 aromatic heterocycles. The molecule has 0 aliphatic carbocycles. The number of anilines is 2. The number of ether oxygens (including phenoxy) is 1. The molecule has 0 aliphatic heterocycles. The molecule has 0 spiro atoms. The quantitative estimate of drug-likeness (QED) is 0.876. The van der Waals surface area contributed by atoms with Crippen LogP contribution in [-0.4, -0.2) is 24.5 Å². The van der Waals surface area contributed by atoms with Crippen LogP contribution in [0.4, 0.5) is 15.2 Å². The van der Waals surface area contributed by atoms with E-state index in [-0.39, 0.29) is 17.2 Å². The van der Waals surface area contributed by atoms with Gasteiger partial charge in [0.15, 0.2) is 5.82 Å². The van der Waals surface area contributed by atoms with E-state index in [4.69, 9.17) is 5.73 Å². The van der Waals surface area contributed by atoms with Crippen LogP contribution < -0.4 is 10.6 Å². The maximum absolute atomic E-state index is 13.6. The van der Waals surface area contributed by atoms with Crippen LogP contribution in [0.25, 0.3) is 0 Å². The molecule has 0 aliphatic rings. The Bertz CT molecular complexity index is 630. The van der Waals surface area contributed by atoms with Crippen molar-refractivity contribution in [2.24, 2.45) is 0 Å². The minimum absolute atomic E-state index is 0.122. The first-order chi connectivity index (χ1) is 9.54. The van der Waals surface area contributed by atoms with Crippen molar-refractivity contribution in [1.29, 1.82) is 0 Å². The van der Waals surface area contributed by atoms with Gasteiger partial charge in [0, 0.05) is 19.2 Å². The minimum Gasteiger partial charge on any atom is -0.465 e. The zero-order valence-corrected chi connectivity index (χ0v) is 11.9. The molecular weight excluding hydrogens is 281 g/mol. The van der Waals surface area contributed by atoms with Gasteiger partial charge in [0.2, 0.25) is 0 Å². The van der Waals surface area contributed by atoms with E-state index in [0.29, 0.717) is 17.1 Å². The molecule has 106 valence electrons. The van der Waals surface area contributed by atoms with Crippen molar-refractivity contribution in [3.05, 3.63) is 41.2 Å².